The van der Waals surface area contributed by atoms with Gasteiger partial charge in [0.25, 0.3) is 0 Å². The van der Waals surface area contributed by atoms with Crippen LogP contribution < -0.4 is 5.32 Å². The third-order valence-corrected chi connectivity index (χ3v) is 4.65. The van der Waals surface area contributed by atoms with Gasteiger partial charge in [0, 0.05) is 24.6 Å². The fourth-order valence-electron chi connectivity index (χ4n) is 3.38. The van der Waals surface area contributed by atoms with Crippen LogP contribution in [0, 0.1) is 27.7 Å². The molecule has 2 aliphatic carbocycles. The highest BCUT2D eigenvalue weighted by molar-refractivity contribution is 5.88. The monoisotopic (exact) mass is 352 g/mol. The van der Waals surface area contributed by atoms with Gasteiger partial charge >= 0.3 is 5.69 Å². The number of nitro groups is 1. The number of allylic oxidation sites excluding steroid dienone is 4. The smallest absolute Gasteiger partial charge is 0.327 e. The second-order valence-corrected chi connectivity index (χ2v) is 6.19. The van der Waals surface area contributed by atoms with Crippen LogP contribution in [0.25, 0.3) is 5.57 Å². The molecule has 2 bridgehead atoms. The SMILES string of the molecule is O=[N+]([O-])c1c(F)cc(F)cc1NCC1c2ccc(-c3ccccc3)c1c2. The molecule has 0 saturated carbocycles. The summed E-state index contributed by atoms with van der Waals surface area (Å²) < 4.78 is 27.2. The summed E-state index contributed by atoms with van der Waals surface area (Å²) in [5.74, 6) is -2.01. The van der Waals surface area contributed by atoms with Crippen molar-refractivity contribution in [3.05, 3.63) is 99.2 Å². The van der Waals surface area contributed by atoms with Crippen LogP contribution in [-0.4, -0.2) is 11.5 Å². The Morgan fingerprint density at radius 1 is 1.12 bits per heavy atom. The molecule has 0 fully saturated rings. The van der Waals surface area contributed by atoms with Crippen LogP contribution in [0.4, 0.5) is 20.2 Å². The zero-order chi connectivity index (χ0) is 18.3. The van der Waals surface area contributed by atoms with Crippen LogP contribution in [0.5, 0.6) is 0 Å². The van der Waals surface area contributed by atoms with Crippen LogP contribution in [0.1, 0.15) is 5.56 Å². The maximum atomic E-state index is 13.7. The van der Waals surface area contributed by atoms with Crippen molar-refractivity contribution in [1.29, 1.82) is 0 Å². The fourth-order valence-corrected chi connectivity index (χ4v) is 3.38. The predicted octanol–water partition coefficient (Wildman–Crippen LogP) is 4.86. The molecule has 0 aromatic heterocycles. The van der Waals surface area contributed by atoms with Crippen molar-refractivity contribution >= 4 is 16.9 Å². The van der Waals surface area contributed by atoms with Crippen LogP contribution in [0.2, 0.25) is 0 Å². The average Bonchev–Trinajstić information content (AvgIpc) is 2.61. The molecular formula is C20H14F2N2O2. The minimum absolute atomic E-state index is 0.0288. The van der Waals surface area contributed by atoms with E-state index in [4.69, 9.17) is 0 Å². The van der Waals surface area contributed by atoms with Gasteiger partial charge in [-0.2, -0.15) is 4.39 Å². The lowest BCUT2D eigenvalue weighted by atomic mass is 9.70. The molecule has 0 saturated heterocycles. The summed E-state index contributed by atoms with van der Waals surface area (Å²) in [6.07, 6.45) is 6.11. The van der Waals surface area contributed by atoms with E-state index in [1.54, 1.807) is 0 Å². The van der Waals surface area contributed by atoms with Gasteiger partial charge in [-0.25, -0.2) is 4.39 Å². The van der Waals surface area contributed by atoms with E-state index in [0.29, 0.717) is 12.6 Å². The Morgan fingerprint density at radius 2 is 1.88 bits per heavy atom. The Labute approximate surface area is 148 Å². The number of benzene rings is 2. The van der Waals surface area contributed by atoms with Gasteiger partial charge < -0.3 is 5.32 Å². The summed E-state index contributed by atoms with van der Waals surface area (Å²) >= 11 is 0. The normalized spacial score (nSPS) is 17.6. The molecule has 130 valence electrons. The number of rotatable bonds is 5. The molecule has 1 N–H and O–H groups in total. The average molecular weight is 352 g/mol. The maximum Gasteiger partial charge on any atom is 0.327 e. The minimum atomic E-state index is -1.19. The standard InChI is InChI=1S/C20H14F2N2O2/c21-14-9-18(22)20(24(25)26)19(10-14)23-11-17-13-6-7-15(16(17)8-13)12-4-2-1-3-5-12/h1-10,17,23H,11H2. The van der Waals surface area contributed by atoms with E-state index in [1.165, 1.54) is 0 Å². The summed E-state index contributed by atoms with van der Waals surface area (Å²) in [5.41, 5.74) is 3.49. The zero-order valence-corrected chi connectivity index (χ0v) is 13.6. The van der Waals surface area contributed by atoms with Gasteiger partial charge in [0.2, 0.25) is 5.82 Å². The van der Waals surface area contributed by atoms with Crippen molar-refractivity contribution in [3.63, 3.8) is 0 Å². The van der Waals surface area contributed by atoms with Crippen LogP contribution in [0.15, 0.2) is 71.8 Å². The molecule has 2 aromatic carbocycles. The second kappa shape index (κ2) is 6.22. The highest BCUT2D eigenvalue weighted by Gasteiger charge is 2.32. The number of halogens is 2. The minimum Gasteiger partial charge on any atom is -0.378 e. The van der Waals surface area contributed by atoms with Crippen molar-refractivity contribution in [2.75, 3.05) is 11.9 Å². The largest absolute Gasteiger partial charge is 0.378 e. The van der Waals surface area contributed by atoms with Gasteiger partial charge in [0.1, 0.15) is 11.5 Å². The molecule has 4 nitrogen and oxygen atoms in total. The van der Waals surface area contributed by atoms with Gasteiger partial charge in [0.15, 0.2) is 0 Å². The van der Waals surface area contributed by atoms with Crippen molar-refractivity contribution in [2.24, 2.45) is 5.92 Å². The Balaban J connectivity index is 1.55. The Kier molecular flexibility index (Phi) is 3.88. The number of fused-ring (bicyclic) bond motifs is 2. The molecular weight excluding hydrogens is 338 g/mol. The number of hydrogen-bond donors (Lipinski definition) is 1. The van der Waals surface area contributed by atoms with E-state index in [1.807, 2.05) is 42.5 Å². The summed E-state index contributed by atoms with van der Waals surface area (Å²) in [5, 5.41) is 13.9. The molecule has 1 unspecified atom stereocenters. The van der Waals surface area contributed by atoms with Crippen molar-refractivity contribution in [2.45, 2.75) is 0 Å². The van der Waals surface area contributed by atoms with E-state index in [0.717, 1.165) is 28.3 Å². The van der Waals surface area contributed by atoms with Crippen molar-refractivity contribution in [3.8, 4) is 0 Å². The van der Waals surface area contributed by atoms with Crippen LogP contribution in [0.3, 0.4) is 0 Å². The summed E-state index contributed by atoms with van der Waals surface area (Å²) in [4.78, 5) is 10.2. The Bertz CT molecular complexity index is 992. The quantitative estimate of drug-likeness (QED) is 0.617. The molecule has 0 radical (unpaired) electrons. The molecule has 0 aliphatic heterocycles. The third-order valence-electron chi connectivity index (χ3n) is 4.65. The first-order chi connectivity index (χ1) is 12.5. The van der Waals surface area contributed by atoms with Crippen LogP contribution >= 0.6 is 0 Å². The molecule has 2 aliphatic rings. The first-order valence-electron chi connectivity index (χ1n) is 8.11. The van der Waals surface area contributed by atoms with E-state index in [9.17, 15) is 18.9 Å². The first-order valence-corrected chi connectivity index (χ1v) is 8.11. The molecule has 26 heavy (non-hydrogen) atoms. The Hall–Kier alpha value is -3.28. The van der Waals surface area contributed by atoms with Gasteiger partial charge in [0.05, 0.1) is 4.92 Å². The lowest BCUT2D eigenvalue weighted by Crippen LogP contribution is -2.27. The van der Waals surface area contributed by atoms with Crippen LogP contribution in [-0.2, 0) is 0 Å². The van der Waals surface area contributed by atoms with Gasteiger partial charge in [-0.3, -0.25) is 10.1 Å². The predicted molar refractivity (Wildman–Crippen MR) is 95.6 cm³/mol. The number of nitrogens with one attached hydrogen (secondary N) is 1. The van der Waals surface area contributed by atoms with E-state index < -0.39 is 22.2 Å². The molecule has 1 atom stereocenters. The lowest BCUT2D eigenvalue weighted by molar-refractivity contribution is -0.386. The number of nitro benzene ring substituents is 1. The molecule has 0 amide bonds. The van der Waals surface area contributed by atoms with Crippen molar-refractivity contribution < 1.29 is 13.7 Å². The summed E-state index contributed by atoms with van der Waals surface area (Å²) in [6.45, 7) is 0.325. The molecule has 0 spiro atoms. The van der Waals surface area contributed by atoms with E-state index in [-0.39, 0.29) is 11.6 Å². The fraction of sp³-hybridized carbons (Fsp3) is 0.100. The van der Waals surface area contributed by atoms with Gasteiger partial charge in [-0.1, -0.05) is 48.6 Å². The highest BCUT2D eigenvalue weighted by atomic mass is 19.1. The zero-order valence-electron chi connectivity index (χ0n) is 13.6. The maximum absolute atomic E-state index is 13.7. The van der Waals surface area contributed by atoms with E-state index >= 15 is 0 Å². The molecule has 4 rings (SSSR count). The molecule has 2 aromatic rings. The van der Waals surface area contributed by atoms with E-state index in [2.05, 4.69) is 11.4 Å². The summed E-state index contributed by atoms with van der Waals surface area (Å²) in [6, 6.07) is 11.4. The topological polar surface area (TPSA) is 55.2 Å². The lowest BCUT2D eigenvalue weighted by Gasteiger charge is -2.35. The van der Waals surface area contributed by atoms with Gasteiger partial charge in [-0.05, 0) is 22.3 Å². The van der Waals surface area contributed by atoms with Crippen molar-refractivity contribution in [1.82, 2.24) is 0 Å². The first kappa shape index (κ1) is 16.2. The third kappa shape index (κ3) is 2.69. The van der Waals surface area contributed by atoms with Gasteiger partial charge in [-0.15, -0.1) is 0 Å². The number of anilines is 1. The number of nitrogens with zero attached hydrogens (tertiary/aromatic N) is 1. The molecule has 0 heterocycles. The molecule has 6 heteroatoms. The second-order valence-electron chi connectivity index (χ2n) is 6.19. The Morgan fingerprint density at radius 3 is 2.58 bits per heavy atom. The highest BCUT2D eigenvalue weighted by Crippen LogP contribution is 2.45. The summed E-state index contributed by atoms with van der Waals surface area (Å²) in [7, 11) is 0. The number of hydrogen-bond acceptors (Lipinski definition) is 3.